The van der Waals surface area contributed by atoms with Gasteiger partial charge in [0.05, 0.1) is 23.2 Å². The monoisotopic (exact) mass is 334 g/mol. The number of rotatable bonds is 3. The standard InChI is InChI=1S/C18H14N4O3/c19-10-13-2-1-3-14(8-13)18-12-21(6-7-25-18)16-4-5-17(22(23)24)15(9-16)11-20/h1-5,8-9,18H,6-7,12H2/t18-/m1/s1. The molecule has 1 saturated heterocycles. The van der Waals surface area contributed by atoms with E-state index in [2.05, 4.69) is 6.07 Å². The van der Waals surface area contributed by atoms with E-state index in [1.807, 2.05) is 23.1 Å². The van der Waals surface area contributed by atoms with Gasteiger partial charge in [0.15, 0.2) is 0 Å². The smallest absolute Gasteiger partial charge is 0.287 e. The van der Waals surface area contributed by atoms with Crippen molar-refractivity contribution >= 4 is 11.4 Å². The van der Waals surface area contributed by atoms with Crippen LogP contribution in [0.1, 0.15) is 22.8 Å². The molecule has 7 nitrogen and oxygen atoms in total. The second-order valence-electron chi connectivity index (χ2n) is 5.61. The fraction of sp³-hybridized carbons (Fsp3) is 0.222. The van der Waals surface area contributed by atoms with Gasteiger partial charge in [-0.05, 0) is 29.8 Å². The van der Waals surface area contributed by atoms with Gasteiger partial charge < -0.3 is 9.64 Å². The average molecular weight is 334 g/mol. The molecule has 1 fully saturated rings. The van der Waals surface area contributed by atoms with Crippen LogP contribution in [-0.2, 0) is 4.74 Å². The van der Waals surface area contributed by atoms with Crippen molar-refractivity contribution in [2.45, 2.75) is 6.10 Å². The number of nitro groups is 1. The van der Waals surface area contributed by atoms with Gasteiger partial charge in [0, 0.05) is 24.8 Å². The number of morpholine rings is 1. The van der Waals surface area contributed by atoms with Crippen LogP contribution in [0.25, 0.3) is 0 Å². The number of nitriles is 2. The Kier molecular flexibility index (Phi) is 4.60. The van der Waals surface area contributed by atoms with Gasteiger partial charge in [-0.3, -0.25) is 10.1 Å². The maximum atomic E-state index is 11.0. The largest absolute Gasteiger partial charge is 0.370 e. The van der Waals surface area contributed by atoms with Crippen molar-refractivity contribution in [2.75, 3.05) is 24.6 Å². The SMILES string of the molecule is N#Cc1cccc([C@H]2CN(c3ccc([N+](=O)[O-])c(C#N)c3)CCO2)c1. The molecule has 25 heavy (non-hydrogen) atoms. The Morgan fingerprint density at radius 1 is 1.20 bits per heavy atom. The molecule has 0 unspecified atom stereocenters. The van der Waals surface area contributed by atoms with Crippen molar-refractivity contribution in [1.82, 2.24) is 0 Å². The van der Waals surface area contributed by atoms with Crippen LogP contribution in [0.5, 0.6) is 0 Å². The Hall–Kier alpha value is -3.42. The van der Waals surface area contributed by atoms with Crippen molar-refractivity contribution in [1.29, 1.82) is 10.5 Å². The van der Waals surface area contributed by atoms with Crippen LogP contribution >= 0.6 is 0 Å². The fourth-order valence-corrected chi connectivity index (χ4v) is 2.86. The predicted octanol–water partition coefficient (Wildman–Crippen LogP) is 2.92. The number of benzene rings is 2. The number of nitrogens with zero attached hydrogens (tertiary/aromatic N) is 4. The lowest BCUT2D eigenvalue weighted by Gasteiger charge is -2.34. The van der Waals surface area contributed by atoms with Crippen LogP contribution in [-0.4, -0.2) is 24.6 Å². The van der Waals surface area contributed by atoms with Gasteiger partial charge in [-0.1, -0.05) is 12.1 Å². The van der Waals surface area contributed by atoms with E-state index >= 15 is 0 Å². The Bertz CT molecular complexity index is 898. The molecule has 0 aliphatic carbocycles. The first-order valence-electron chi connectivity index (χ1n) is 7.67. The molecule has 0 saturated carbocycles. The van der Waals surface area contributed by atoms with Gasteiger partial charge in [-0.15, -0.1) is 0 Å². The Balaban J connectivity index is 1.85. The third-order valence-electron chi connectivity index (χ3n) is 4.12. The molecule has 1 heterocycles. The average Bonchev–Trinajstić information content (AvgIpc) is 2.67. The molecule has 2 aromatic carbocycles. The molecule has 124 valence electrons. The van der Waals surface area contributed by atoms with Crippen LogP contribution in [0.4, 0.5) is 11.4 Å². The lowest BCUT2D eigenvalue weighted by Crippen LogP contribution is -2.38. The summed E-state index contributed by atoms with van der Waals surface area (Å²) in [5, 5.41) is 29.1. The summed E-state index contributed by atoms with van der Waals surface area (Å²) in [6, 6.07) is 15.8. The van der Waals surface area contributed by atoms with E-state index in [1.54, 1.807) is 18.2 Å². The van der Waals surface area contributed by atoms with Crippen LogP contribution in [0.2, 0.25) is 0 Å². The summed E-state index contributed by atoms with van der Waals surface area (Å²) in [6.45, 7) is 1.65. The van der Waals surface area contributed by atoms with Crippen molar-refractivity contribution < 1.29 is 9.66 Å². The topological polar surface area (TPSA) is 103 Å². The van der Waals surface area contributed by atoms with E-state index < -0.39 is 4.92 Å². The highest BCUT2D eigenvalue weighted by Crippen LogP contribution is 2.29. The molecule has 0 aromatic heterocycles. The lowest BCUT2D eigenvalue weighted by molar-refractivity contribution is -0.385. The van der Waals surface area contributed by atoms with Crippen LogP contribution in [0, 0.1) is 32.8 Å². The molecule has 0 amide bonds. The molecule has 2 aromatic rings. The third kappa shape index (κ3) is 3.42. The van der Waals surface area contributed by atoms with Crippen LogP contribution in [0.15, 0.2) is 42.5 Å². The van der Waals surface area contributed by atoms with Crippen molar-refractivity contribution in [2.24, 2.45) is 0 Å². The Morgan fingerprint density at radius 3 is 2.76 bits per heavy atom. The first kappa shape index (κ1) is 16.4. The Labute approximate surface area is 144 Å². The van der Waals surface area contributed by atoms with Gasteiger partial charge in [0.25, 0.3) is 5.69 Å². The quantitative estimate of drug-likeness (QED) is 0.631. The van der Waals surface area contributed by atoms with Gasteiger partial charge in [-0.25, -0.2) is 0 Å². The molecule has 0 spiro atoms. The minimum absolute atomic E-state index is 0.0389. The number of hydrogen-bond donors (Lipinski definition) is 0. The molecule has 3 rings (SSSR count). The number of nitro benzene ring substituents is 1. The third-order valence-corrected chi connectivity index (χ3v) is 4.12. The molecule has 1 aliphatic heterocycles. The van der Waals surface area contributed by atoms with E-state index in [-0.39, 0.29) is 17.4 Å². The zero-order valence-corrected chi connectivity index (χ0v) is 13.3. The second-order valence-corrected chi connectivity index (χ2v) is 5.61. The highest BCUT2D eigenvalue weighted by atomic mass is 16.6. The first-order chi connectivity index (χ1) is 12.1. The normalized spacial score (nSPS) is 16.7. The molecular weight excluding hydrogens is 320 g/mol. The summed E-state index contributed by atoms with van der Waals surface area (Å²) in [5.74, 6) is 0. The van der Waals surface area contributed by atoms with E-state index in [1.165, 1.54) is 12.1 Å². The molecule has 0 bridgehead atoms. The second kappa shape index (κ2) is 7.00. The van der Waals surface area contributed by atoms with E-state index in [4.69, 9.17) is 15.3 Å². The highest BCUT2D eigenvalue weighted by molar-refractivity contribution is 5.60. The molecular formula is C18H14N4O3. The number of ether oxygens (including phenoxy) is 1. The van der Waals surface area contributed by atoms with Gasteiger partial charge in [0.2, 0.25) is 0 Å². The van der Waals surface area contributed by atoms with Crippen LogP contribution in [0.3, 0.4) is 0 Å². The molecule has 1 aliphatic rings. The zero-order valence-electron chi connectivity index (χ0n) is 13.3. The van der Waals surface area contributed by atoms with Gasteiger partial charge in [0.1, 0.15) is 17.7 Å². The number of anilines is 1. The zero-order chi connectivity index (χ0) is 17.8. The maximum Gasteiger partial charge on any atom is 0.287 e. The van der Waals surface area contributed by atoms with E-state index in [9.17, 15) is 10.1 Å². The van der Waals surface area contributed by atoms with Crippen LogP contribution < -0.4 is 4.90 Å². The highest BCUT2D eigenvalue weighted by Gasteiger charge is 2.24. The summed E-state index contributed by atoms with van der Waals surface area (Å²) in [4.78, 5) is 12.4. The molecule has 7 heteroatoms. The van der Waals surface area contributed by atoms with Gasteiger partial charge >= 0.3 is 0 Å². The molecule has 1 atom stereocenters. The Morgan fingerprint density at radius 2 is 2.04 bits per heavy atom. The van der Waals surface area contributed by atoms with Crippen molar-refractivity contribution in [3.63, 3.8) is 0 Å². The number of hydrogen-bond acceptors (Lipinski definition) is 6. The van der Waals surface area contributed by atoms with E-state index in [0.717, 1.165) is 11.3 Å². The van der Waals surface area contributed by atoms with Crippen molar-refractivity contribution in [3.05, 3.63) is 69.3 Å². The molecule has 0 N–H and O–H groups in total. The van der Waals surface area contributed by atoms with E-state index in [0.29, 0.717) is 25.3 Å². The summed E-state index contributed by atoms with van der Waals surface area (Å²) >= 11 is 0. The lowest BCUT2D eigenvalue weighted by atomic mass is 10.0. The van der Waals surface area contributed by atoms with Gasteiger partial charge in [-0.2, -0.15) is 10.5 Å². The summed E-state index contributed by atoms with van der Waals surface area (Å²) < 4.78 is 5.81. The summed E-state index contributed by atoms with van der Waals surface area (Å²) in [5.41, 5.74) is 2.06. The first-order valence-corrected chi connectivity index (χ1v) is 7.67. The minimum Gasteiger partial charge on any atom is -0.370 e. The minimum atomic E-state index is -0.558. The molecule has 0 radical (unpaired) electrons. The summed E-state index contributed by atoms with van der Waals surface area (Å²) in [7, 11) is 0. The van der Waals surface area contributed by atoms with Crippen molar-refractivity contribution in [3.8, 4) is 12.1 Å². The predicted molar refractivity (Wildman–Crippen MR) is 89.9 cm³/mol. The summed E-state index contributed by atoms with van der Waals surface area (Å²) in [6.07, 6.45) is -0.206. The maximum absolute atomic E-state index is 11.0. The fourth-order valence-electron chi connectivity index (χ4n) is 2.86.